The molecule has 1 aliphatic rings. The number of rotatable bonds is 5. The largest absolute Gasteiger partial charge is 0.492 e. The minimum atomic E-state index is 0.423. The van der Waals surface area contributed by atoms with Crippen LogP contribution in [0.3, 0.4) is 0 Å². The van der Waals surface area contributed by atoms with E-state index in [1.54, 1.807) is 0 Å². The number of nitrogens with zero attached hydrogens (tertiary/aromatic N) is 1. The summed E-state index contributed by atoms with van der Waals surface area (Å²) in [6.45, 7) is 8.75. The highest BCUT2D eigenvalue weighted by atomic mass is 32.1. The van der Waals surface area contributed by atoms with E-state index < -0.39 is 0 Å². The smallest absolute Gasteiger partial charge is 0.119 e. The minimum absolute atomic E-state index is 0.423. The van der Waals surface area contributed by atoms with Gasteiger partial charge in [-0.1, -0.05) is 26.1 Å². The maximum atomic E-state index is 5.79. The van der Waals surface area contributed by atoms with Crippen LogP contribution in [0.5, 0.6) is 5.75 Å². The van der Waals surface area contributed by atoms with Crippen molar-refractivity contribution in [2.45, 2.75) is 26.7 Å². The lowest BCUT2D eigenvalue weighted by molar-refractivity contribution is 0.102. The molecule has 0 aliphatic carbocycles. The van der Waals surface area contributed by atoms with Gasteiger partial charge >= 0.3 is 0 Å². The molecule has 4 heteroatoms. The number of thiocarbonyl (C=S) groups is 1. The summed E-state index contributed by atoms with van der Waals surface area (Å²) in [5.41, 5.74) is 6.89. The van der Waals surface area contributed by atoms with Gasteiger partial charge in [0, 0.05) is 18.7 Å². The molecule has 0 atom stereocenters. The molecule has 1 heterocycles. The molecule has 2 rings (SSSR count). The SMILES string of the molecule is CC1(C)CCCN(CCOc2ccc(C(N)=S)cc2)C1. The number of hydrogen-bond donors (Lipinski definition) is 1. The van der Waals surface area contributed by atoms with Gasteiger partial charge in [0.15, 0.2) is 0 Å². The number of benzene rings is 1. The van der Waals surface area contributed by atoms with Crippen LogP contribution in [0, 0.1) is 5.41 Å². The van der Waals surface area contributed by atoms with Gasteiger partial charge in [0.25, 0.3) is 0 Å². The molecule has 2 N–H and O–H groups in total. The lowest BCUT2D eigenvalue weighted by Gasteiger charge is -2.37. The van der Waals surface area contributed by atoms with Crippen molar-refractivity contribution in [3.05, 3.63) is 29.8 Å². The van der Waals surface area contributed by atoms with E-state index in [-0.39, 0.29) is 0 Å². The number of likely N-dealkylation sites (tertiary alicyclic amines) is 1. The van der Waals surface area contributed by atoms with Crippen molar-refractivity contribution in [2.75, 3.05) is 26.2 Å². The maximum Gasteiger partial charge on any atom is 0.119 e. The molecular formula is C16H24N2OS. The Morgan fingerprint density at radius 2 is 2.05 bits per heavy atom. The summed E-state index contributed by atoms with van der Waals surface area (Å²) >= 11 is 4.93. The number of nitrogens with two attached hydrogens (primary N) is 1. The highest BCUT2D eigenvalue weighted by Crippen LogP contribution is 2.28. The van der Waals surface area contributed by atoms with E-state index in [4.69, 9.17) is 22.7 Å². The lowest BCUT2D eigenvalue weighted by Crippen LogP contribution is -2.41. The van der Waals surface area contributed by atoms with Gasteiger partial charge in [0.1, 0.15) is 17.3 Å². The Hall–Kier alpha value is -1.13. The normalized spacial score (nSPS) is 18.7. The summed E-state index contributed by atoms with van der Waals surface area (Å²) in [5.74, 6) is 0.876. The predicted molar refractivity (Wildman–Crippen MR) is 87.3 cm³/mol. The molecule has 110 valence electrons. The molecule has 0 radical (unpaired) electrons. The first-order chi connectivity index (χ1) is 9.46. The van der Waals surface area contributed by atoms with Crippen LogP contribution < -0.4 is 10.5 Å². The summed E-state index contributed by atoms with van der Waals surface area (Å²) in [6.07, 6.45) is 2.61. The van der Waals surface area contributed by atoms with Crippen molar-refractivity contribution < 1.29 is 4.74 Å². The zero-order valence-electron chi connectivity index (χ0n) is 12.4. The molecule has 1 aliphatic heterocycles. The van der Waals surface area contributed by atoms with Gasteiger partial charge in [-0.15, -0.1) is 0 Å². The lowest BCUT2D eigenvalue weighted by atomic mass is 9.84. The van der Waals surface area contributed by atoms with Crippen LogP contribution in [0.4, 0.5) is 0 Å². The summed E-state index contributed by atoms with van der Waals surface area (Å²) in [4.78, 5) is 2.92. The van der Waals surface area contributed by atoms with Gasteiger partial charge in [-0.2, -0.15) is 0 Å². The highest BCUT2D eigenvalue weighted by Gasteiger charge is 2.25. The van der Waals surface area contributed by atoms with Gasteiger partial charge in [0.05, 0.1) is 0 Å². The molecule has 0 unspecified atom stereocenters. The molecule has 1 aromatic carbocycles. The van der Waals surface area contributed by atoms with Crippen molar-refractivity contribution in [2.24, 2.45) is 11.1 Å². The number of piperidine rings is 1. The Kier molecular flexibility index (Phi) is 5.00. The van der Waals surface area contributed by atoms with E-state index in [9.17, 15) is 0 Å². The van der Waals surface area contributed by atoms with Gasteiger partial charge in [0.2, 0.25) is 0 Å². The van der Waals surface area contributed by atoms with Gasteiger partial charge in [-0.3, -0.25) is 4.90 Å². The van der Waals surface area contributed by atoms with E-state index in [1.807, 2.05) is 24.3 Å². The second-order valence-corrected chi connectivity index (χ2v) is 6.72. The van der Waals surface area contributed by atoms with E-state index >= 15 is 0 Å². The van der Waals surface area contributed by atoms with Crippen LogP contribution >= 0.6 is 12.2 Å². The molecule has 1 aromatic rings. The van der Waals surface area contributed by atoms with Crippen molar-refractivity contribution in [1.29, 1.82) is 0 Å². The third-order valence-corrected chi connectivity index (χ3v) is 4.03. The summed E-state index contributed by atoms with van der Waals surface area (Å²) in [5, 5.41) is 0. The van der Waals surface area contributed by atoms with Crippen LogP contribution in [0.2, 0.25) is 0 Å². The first-order valence-corrected chi connectivity index (χ1v) is 7.62. The minimum Gasteiger partial charge on any atom is -0.492 e. The van der Waals surface area contributed by atoms with Crippen molar-refractivity contribution in [3.8, 4) is 5.75 Å². The Bertz CT molecular complexity index is 456. The Morgan fingerprint density at radius 1 is 1.35 bits per heavy atom. The summed E-state index contributed by atoms with van der Waals surface area (Å²) in [6, 6.07) is 7.66. The molecular weight excluding hydrogens is 268 g/mol. The molecule has 1 saturated heterocycles. The molecule has 0 aromatic heterocycles. The van der Waals surface area contributed by atoms with Crippen LogP contribution in [0.15, 0.2) is 24.3 Å². The van der Waals surface area contributed by atoms with E-state index in [1.165, 1.54) is 19.4 Å². The van der Waals surface area contributed by atoms with Crippen molar-refractivity contribution in [1.82, 2.24) is 4.90 Å². The third kappa shape index (κ3) is 4.46. The molecule has 0 saturated carbocycles. The van der Waals surface area contributed by atoms with Crippen LogP contribution in [0.1, 0.15) is 32.3 Å². The van der Waals surface area contributed by atoms with Crippen molar-refractivity contribution in [3.63, 3.8) is 0 Å². The molecule has 1 fully saturated rings. The fraction of sp³-hybridized carbons (Fsp3) is 0.562. The van der Waals surface area contributed by atoms with Crippen LogP contribution in [0.25, 0.3) is 0 Å². The Balaban J connectivity index is 1.76. The average molecular weight is 292 g/mol. The summed E-state index contributed by atoms with van der Waals surface area (Å²) < 4.78 is 5.79. The van der Waals surface area contributed by atoms with E-state index in [0.29, 0.717) is 10.4 Å². The number of ether oxygens (including phenoxy) is 1. The zero-order valence-corrected chi connectivity index (χ0v) is 13.2. The molecule has 3 nitrogen and oxygen atoms in total. The van der Waals surface area contributed by atoms with Gasteiger partial charge < -0.3 is 10.5 Å². The third-order valence-electron chi connectivity index (χ3n) is 3.79. The average Bonchev–Trinajstić information content (AvgIpc) is 2.38. The maximum absolute atomic E-state index is 5.79. The molecule has 0 spiro atoms. The fourth-order valence-corrected chi connectivity index (χ4v) is 2.88. The molecule has 0 bridgehead atoms. The molecule has 20 heavy (non-hydrogen) atoms. The second-order valence-electron chi connectivity index (χ2n) is 6.28. The summed E-state index contributed by atoms with van der Waals surface area (Å²) in [7, 11) is 0. The zero-order chi connectivity index (χ0) is 14.6. The Labute approximate surface area is 127 Å². The molecule has 0 amide bonds. The second kappa shape index (κ2) is 6.55. The van der Waals surface area contributed by atoms with E-state index in [0.717, 1.165) is 31.0 Å². The fourth-order valence-electron chi connectivity index (χ4n) is 2.74. The first-order valence-electron chi connectivity index (χ1n) is 7.21. The van der Waals surface area contributed by atoms with E-state index in [2.05, 4.69) is 18.7 Å². The van der Waals surface area contributed by atoms with Crippen molar-refractivity contribution >= 4 is 17.2 Å². The van der Waals surface area contributed by atoms with Gasteiger partial charge in [-0.25, -0.2) is 0 Å². The van der Waals surface area contributed by atoms with Gasteiger partial charge in [-0.05, 0) is 49.1 Å². The highest BCUT2D eigenvalue weighted by molar-refractivity contribution is 7.80. The standard InChI is InChI=1S/C16H24N2OS/c1-16(2)8-3-9-18(12-16)10-11-19-14-6-4-13(5-7-14)15(17)20/h4-7H,3,8-12H2,1-2H3,(H2,17,20). The quantitative estimate of drug-likeness (QED) is 0.847. The number of hydrogen-bond acceptors (Lipinski definition) is 3. The van der Waals surface area contributed by atoms with Crippen LogP contribution in [-0.4, -0.2) is 36.1 Å². The first kappa shape index (κ1) is 15.3. The van der Waals surface area contributed by atoms with Crippen LogP contribution in [-0.2, 0) is 0 Å². The predicted octanol–water partition coefficient (Wildman–Crippen LogP) is 2.82. The monoisotopic (exact) mass is 292 g/mol. The topological polar surface area (TPSA) is 38.5 Å². The Morgan fingerprint density at radius 3 is 2.65 bits per heavy atom.